The minimum atomic E-state index is -0.310. The minimum Gasteiger partial charge on any atom is -0.497 e. The number of hydrogen-bond donors (Lipinski definition) is 1. The highest BCUT2D eigenvalue weighted by Crippen LogP contribution is 2.23. The van der Waals surface area contributed by atoms with Crippen molar-refractivity contribution in [2.24, 2.45) is 0 Å². The van der Waals surface area contributed by atoms with Crippen LogP contribution in [0.3, 0.4) is 0 Å². The van der Waals surface area contributed by atoms with Gasteiger partial charge in [0.2, 0.25) is 0 Å². The van der Waals surface area contributed by atoms with Gasteiger partial charge in [0, 0.05) is 16.8 Å². The normalized spacial score (nSPS) is 11.0. The third-order valence-corrected chi connectivity index (χ3v) is 4.85. The van der Waals surface area contributed by atoms with Crippen LogP contribution in [-0.4, -0.2) is 25.4 Å². The Morgan fingerprint density at radius 2 is 1.48 bits per heavy atom. The summed E-state index contributed by atoms with van der Waals surface area (Å²) in [5, 5.41) is 2.77. The van der Waals surface area contributed by atoms with Crippen LogP contribution in [0.5, 0.6) is 11.5 Å². The molecular formula is C26H27NO4. The van der Waals surface area contributed by atoms with Gasteiger partial charge < -0.3 is 14.8 Å². The van der Waals surface area contributed by atoms with E-state index in [1.54, 1.807) is 55.6 Å². The average Bonchev–Trinajstić information content (AvgIpc) is 2.77. The smallest absolute Gasteiger partial charge is 0.262 e. The second-order valence-corrected chi connectivity index (χ2v) is 8.25. The first kappa shape index (κ1) is 22.1. The molecule has 0 aliphatic rings. The summed E-state index contributed by atoms with van der Waals surface area (Å²) in [6.45, 7) is 6.26. The zero-order valence-electron chi connectivity index (χ0n) is 18.3. The van der Waals surface area contributed by atoms with Gasteiger partial charge in [-0.15, -0.1) is 0 Å². The van der Waals surface area contributed by atoms with Crippen LogP contribution in [0.15, 0.2) is 72.8 Å². The van der Waals surface area contributed by atoms with E-state index in [4.69, 9.17) is 9.47 Å². The van der Waals surface area contributed by atoms with Crippen molar-refractivity contribution in [1.82, 2.24) is 0 Å². The molecule has 5 nitrogen and oxygen atoms in total. The molecule has 0 bridgehead atoms. The summed E-state index contributed by atoms with van der Waals surface area (Å²) in [7, 11) is 1.59. The molecule has 0 aromatic heterocycles. The van der Waals surface area contributed by atoms with E-state index in [2.05, 4.69) is 26.1 Å². The number of ether oxygens (including phenoxy) is 2. The lowest BCUT2D eigenvalue weighted by Crippen LogP contribution is -2.20. The molecule has 0 spiro atoms. The van der Waals surface area contributed by atoms with Crippen LogP contribution in [-0.2, 0) is 10.2 Å². The highest BCUT2D eigenvalue weighted by Gasteiger charge is 2.15. The van der Waals surface area contributed by atoms with Crippen molar-refractivity contribution in [3.63, 3.8) is 0 Å². The molecule has 3 aromatic carbocycles. The molecule has 160 valence electrons. The molecule has 0 heterocycles. The molecule has 0 aliphatic carbocycles. The fourth-order valence-electron chi connectivity index (χ4n) is 3.04. The van der Waals surface area contributed by atoms with Gasteiger partial charge >= 0.3 is 0 Å². The number of hydrogen-bond acceptors (Lipinski definition) is 4. The Bertz CT molecular complexity index is 1050. The Kier molecular flexibility index (Phi) is 6.75. The third-order valence-electron chi connectivity index (χ3n) is 4.85. The highest BCUT2D eigenvalue weighted by molar-refractivity contribution is 6.09. The summed E-state index contributed by atoms with van der Waals surface area (Å²) in [5.41, 5.74) is 2.86. The highest BCUT2D eigenvalue weighted by atomic mass is 16.5. The SMILES string of the molecule is COc1ccc(OCC(=O)Nc2cccc(C(=O)c3ccc(C(C)(C)C)cc3)c2)cc1. The quantitative estimate of drug-likeness (QED) is 0.534. The molecule has 0 saturated carbocycles. The molecule has 31 heavy (non-hydrogen) atoms. The van der Waals surface area contributed by atoms with Crippen LogP contribution < -0.4 is 14.8 Å². The fourth-order valence-corrected chi connectivity index (χ4v) is 3.04. The van der Waals surface area contributed by atoms with E-state index in [1.165, 1.54) is 5.56 Å². The first-order valence-electron chi connectivity index (χ1n) is 10.1. The number of ketones is 1. The molecule has 3 aromatic rings. The van der Waals surface area contributed by atoms with E-state index in [0.29, 0.717) is 28.3 Å². The molecule has 0 saturated heterocycles. The Labute approximate surface area is 183 Å². The van der Waals surface area contributed by atoms with Crippen molar-refractivity contribution in [3.05, 3.63) is 89.5 Å². The second-order valence-electron chi connectivity index (χ2n) is 8.25. The van der Waals surface area contributed by atoms with Crippen molar-refractivity contribution in [3.8, 4) is 11.5 Å². The number of carbonyl (C=O) groups is 2. The molecule has 1 N–H and O–H groups in total. The van der Waals surface area contributed by atoms with E-state index >= 15 is 0 Å². The monoisotopic (exact) mass is 417 g/mol. The maximum absolute atomic E-state index is 12.9. The van der Waals surface area contributed by atoms with E-state index in [-0.39, 0.29) is 23.7 Å². The first-order valence-corrected chi connectivity index (χ1v) is 10.1. The summed E-state index contributed by atoms with van der Waals surface area (Å²) in [6, 6.07) is 21.5. The van der Waals surface area contributed by atoms with E-state index in [9.17, 15) is 9.59 Å². The van der Waals surface area contributed by atoms with Crippen LogP contribution >= 0.6 is 0 Å². The van der Waals surface area contributed by atoms with Gasteiger partial charge in [0.25, 0.3) is 5.91 Å². The first-order chi connectivity index (χ1) is 14.8. The third kappa shape index (κ3) is 5.95. The number of nitrogens with one attached hydrogen (secondary N) is 1. The molecule has 1 amide bonds. The molecule has 0 atom stereocenters. The lowest BCUT2D eigenvalue weighted by Gasteiger charge is -2.19. The largest absolute Gasteiger partial charge is 0.497 e. The Morgan fingerprint density at radius 3 is 2.10 bits per heavy atom. The second kappa shape index (κ2) is 9.47. The van der Waals surface area contributed by atoms with Gasteiger partial charge in [-0.1, -0.05) is 57.2 Å². The van der Waals surface area contributed by atoms with Gasteiger partial charge in [-0.05, 0) is 47.4 Å². The standard InChI is InChI=1S/C26H27NO4/c1-26(2,3)20-10-8-18(9-11-20)25(29)19-6-5-7-21(16-19)27-24(28)17-31-23-14-12-22(30-4)13-15-23/h5-16H,17H2,1-4H3,(H,27,28). The summed E-state index contributed by atoms with van der Waals surface area (Å²) >= 11 is 0. The van der Waals surface area contributed by atoms with Gasteiger partial charge in [0.1, 0.15) is 11.5 Å². The van der Waals surface area contributed by atoms with Crippen LogP contribution in [0.25, 0.3) is 0 Å². The zero-order chi connectivity index (χ0) is 22.4. The van der Waals surface area contributed by atoms with Gasteiger partial charge in [-0.2, -0.15) is 0 Å². The summed E-state index contributed by atoms with van der Waals surface area (Å²) in [6.07, 6.45) is 0. The van der Waals surface area contributed by atoms with Crippen LogP contribution in [0, 0.1) is 0 Å². The van der Waals surface area contributed by atoms with Crippen molar-refractivity contribution >= 4 is 17.4 Å². The van der Waals surface area contributed by atoms with Crippen molar-refractivity contribution in [1.29, 1.82) is 0 Å². The number of benzene rings is 3. The van der Waals surface area contributed by atoms with Crippen LogP contribution in [0.1, 0.15) is 42.3 Å². The topological polar surface area (TPSA) is 64.6 Å². The number of amides is 1. The number of methoxy groups -OCH3 is 1. The molecule has 3 rings (SSSR count). The van der Waals surface area contributed by atoms with Crippen LogP contribution in [0.4, 0.5) is 5.69 Å². The van der Waals surface area contributed by atoms with Gasteiger partial charge in [-0.3, -0.25) is 9.59 Å². The van der Waals surface area contributed by atoms with Gasteiger partial charge in [-0.25, -0.2) is 0 Å². The maximum Gasteiger partial charge on any atom is 0.262 e. The number of carbonyl (C=O) groups excluding carboxylic acids is 2. The minimum absolute atomic E-state index is 0.0274. The Morgan fingerprint density at radius 1 is 0.839 bits per heavy atom. The summed E-state index contributed by atoms with van der Waals surface area (Å²) in [5.74, 6) is 0.880. The number of anilines is 1. The predicted molar refractivity (Wildman–Crippen MR) is 122 cm³/mol. The average molecular weight is 418 g/mol. The van der Waals surface area contributed by atoms with Crippen molar-refractivity contribution in [2.75, 3.05) is 19.0 Å². The molecule has 0 radical (unpaired) electrons. The lowest BCUT2D eigenvalue weighted by molar-refractivity contribution is -0.118. The fraction of sp³-hybridized carbons (Fsp3) is 0.231. The van der Waals surface area contributed by atoms with Gasteiger partial charge in [0.05, 0.1) is 7.11 Å². The Hall–Kier alpha value is -3.60. The number of rotatable bonds is 7. The van der Waals surface area contributed by atoms with Crippen molar-refractivity contribution in [2.45, 2.75) is 26.2 Å². The maximum atomic E-state index is 12.9. The molecular weight excluding hydrogens is 390 g/mol. The van der Waals surface area contributed by atoms with Crippen LogP contribution in [0.2, 0.25) is 0 Å². The molecule has 5 heteroatoms. The summed E-state index contributed by atoms with van der Waals surface area (Å²) in [4.78, 5) is 25.1. The summed E-state index contributed by atoms with van der Waals surface area (Å²) < 4.78 is 10.6. The zero-order valence-corrected chi connectivity index (χ0v) is 18.3. The lowest BCUT2D eigenvalue weighted by atomic mass is 9.86. The molecule has 0 unspecified atom stereocenters. The molecule has 0 aliphatic heterocycles. The molecule has 0 fully saturated rings. The van der Waals surface area contributed by atoms with E-state index in [1.807, 2.05) is 24.3 Å². The van der Waals surface area contributed by atoms with Gasteiger partial charge in [0.15, 0.2) is 12.4 Å². The predicted octanol–water partition coefficient (Wildman–Crippen LogP) is 5.24. The van der Waals surface area contributed by atoms with Crippen molar-refractivity contribution < 1.29 is 19.1 Å². The Balaban J connectivity index is 1.62. The van der Waals surface area contributed by atoms with E-state index < -0.39 is 0 Å². The van der Waals surface area contributed by atoms with E-state index in [0.717, 1.165) is 0 Å².